The molecule has 4 aromatic rings. The fourth-order valence-electron chi connectivity index (χ4n) is 4.29. The number of nitro benzene ring substituents is 2. The number of hydrogen-bond acceptors (Lipinski definition) is 11. The lowest BCUT2D eigenvalue weighted by Crippen LogP contribution is -2.29. The standard InChI is InChI=1S/C30H17N3O11/c34-25(17-8-14-22(15-9-17)44-30(38)19-6-12-21(13-7-19)32(39)40)16-43-29(37)18-4-10-20(11-5-18)31-27(35)23-2-1-3-24(33(41)42)26(23)28(31)36/h1-15H,16H2. The molecule has 1 aliphatic rings. The number of amides is 2. The van der Waals surface area contributed by atoms with Crippen LogP contribution in [0.4, 0.5) is 17.1 Å². The van der Waals surface area contributed by atoms with E-state index >= 15 is 0 Å². The highest BCUT2D eigenvalue weighted by atomic mass is 16.6. The summed E-state index contributed by atoms with van der Waals surface area (Å²) in [7, 11) is 0. The van der Waals surface area contributed by atoms with Crippen LogP contribution in [0.25, 0.3) is 0 Å². The summed E-state index contributed by atoms with van der Waals surface area (Å²) in [5.74, 6) is -3.70. The molecule has 0 aromatic heterocycles. The first-order valence-corrected chi connectivity index (χ1v) is 12.6. The van der Waals surface area contributed by atoms with Gasteiger partial charge in [0.25, 0.3) is 23.2 Å². The maximum atomic E-state index is 12.9. The largest absolute Gasteiger partial charge is 0.454 e. The Balaban J connectivity index is 1.17. The second kappa shape index (κ2) is 11.7. The Bertz CT molecular complexity index is 1870. The number of anilines is 1. The Morgan fingerprint density at radius 3 is 1.89 bits per heavy atom. The average molecular weight is 595 g/mol. The quantitative estimate of drug-likeness (QED) is 0.0657. The number of hydrogen-bond donors (Lipinski definition) is 0. The van der Waals surface area contributed by atoms with Crippen LogP contribution >= 0.6 is 0 Å². The van der Waals surface area contributed by atoms with Crippen LogP contribution in [-0.2, 0) is 4.74 Å². The molecule has 0 saturated carbocycles. The number of imide groups is 1. The molecule has 1 aliphatic heterocycles. The number of fused-ring (bicyclic) bond motifs is 1. The van der Waals surface area contributed by atoms with Gasteiger partial charge in [0, 0.05) is 23.8 Å². The van der Waals surface area contributed by atoms with Gasteiger partial charge in [-0.1, -0.05) is 6.07 Å². The molecule has 0 aliphatic carbocycles. The predicted molar refractivity (Wildman–Crippen MR) is 150 cm³/mol. The van der Waals surface area contributed by atoms with Crippen molar-refractivity contribution in [2.75, 3.05) is 11.5 Å². The summed E-state index contributed by atoms with van der Waals surface area (Å²) >= 11 is 0. The van der Waals surface area contributed by atoms with Crippen LogP contribution < -0.4 is 9.64 Å². The van der Waals surface area contributed by atoms with Crippen molar-refractivity contribution in [2.24, 2.45) is 0 Å². The molecule has 0 N–H and O–H groups in total. The van der Waals surface area contributed by atoms with E-state index in [2.05, 4.69) is 0 Å². The van der Waals surface area contributed by atoms with Crippen LogP contribution in [0.5, 0.6) is 5.75 Å². The van der Waals surface area contributed by atoms with Gasteiger partial charge in [-0.3, -0.25) is 34.6 Å². The highest BCUT2D eigenvalue weighted by Gasteiger charge is 2.41. The molecule has 14 nitrogen and oxygen atoms in total. The van der Waals surface area contributed by atoms with Gasteiger partial charge >= 0.3 is 11.9 Å². The second-order valence-corrected chi connectivity index (χ2v) is 9.17. The van der Waals surface area contributed by atoms with Crippen molar-refractivity contribution < 1.29 is 43.3 Å². The zero-order chi connectivity index (χ0) is 31.5. The molecule has 4 aromatic carbocycles. The molecule has 5 rings (SSSR count). The molecular formula is C30H17N3O11. The molecule has 0 bridgehead atoms. The molecule has 44 heavy (non-hydrogen) atoms. The van der Waals surface area contributed by atoms with E-state index in [0.29, 0.717) is 0 Å². The van der Waals surface area contributed by atoms with E-state index in [-0.39, 0.29) is 44.9 Å². The van der Waals surface area contributed by atoms with E-state index in [1.54, 1.807) is 0 Å². The molecular weight excluding hydrogens is 578 g/mol. The van der Waals surface area contributed by atoms with Gasteiger partial charge in [-0.2, -0.15) is 0 Å². The van der Waals surface area contributed by atoms with E-state index in [4.69, 9.17) is 9.47 Å². The number of rotatable bonds is 9. The fraction of sp³-hybridized carbons (Fsp3) is 0.0333. The molecule has 0 fully saturated rings. The zero-order valence-corrected chi connectivity index (χ0v) is 22.2. The minimum atomic E-state index is -0.870. The van der Waals surface area contributed by atoms with Gasteiger partial charge in [0.15, 0.2) is 12.4 Å². The maximum Gasteiger partial charge on any atom is 0.343 e. The minimum Gasteiger partial charge on any atom is -0.454 e. The number of benzene rings is 4. The second-order valence-electron chi connectivity index (χ2n) is 9.17. The van der Waals surface area contributed by atoms with Crippen molar-refractivity contribution in [2.45, 2.75) is 0 Å². The minimum absolute atomic E-state index is 0.0117. The predicted octanol–water partition coefficient (Wildman–Crippen LogP) is 4.56. The highest BCUT2D eigenvalue weighted by molar-refractivity contribution is 6.35. The van der Waals surface area contributed by atoms with Gasteiger partial charge in [0.2, 0.25) is 0 Å². The van der Waals surface area contributed by atoms with Gasteiger partial charge in [0.1, 0.15) is 11.3 Å². The number of esters is 2. The lowest BCUT2D eigenvalue weighted by Gasteiger charge is -2.14. The molecule has 0 spiro atoms. The van der Waals surface area contributed by atoms with Gasteiger partial charge in [0.05, 0.1) is 32.2 Å². The highest BCUT2D eigenvalue weighted by Crippen LogP contribution is 2.34. The van der Waals surface area contributed by atoms with E-state index < -0.39 is 51.7 Å². The van der Waals surface area contributed by atoms with E-state index in [0.717, 1.165) is 23.1 Å². The first-order valence-electron chi connectivity index (χ1n) is 12.6. The van der Waals surface area contributed by atoms with Gasteiger partial charge in [-0.15, -0.1) is 0 Å². The summed E-state index contributed by atoms with van der Waals surface area (Å²) in [6.45, 7) is -0.620. The number of nitrogens with zero attached hydrogens (tertiary/aromatic N) is 3. The van der Waals surface area contributed by atoms with E-state index in [1.165, 1.54) is 72.8 Å². The Labute approximate surface area is 246 Å². The van der Waals surface area contributed by atoms with Crippen LogP contribution in [0.3, 0.4) is 0 Å². The van der Waals surface area contributed by atoms with Crippen molar-refractivity contribution >= 4 is 46.6 Å². The monoisotopic (exact) mass is 595 g/mol. The van der Waals surface area contributed by atoms with Crippen molar-refractivity contribution in [1.82, 2.24) is 0 Å². The number of ketones is 1. The lowest BCUT2D eigenvalue weighted by molar-refractivity contribution is -0.385. The molecule has 1 heterocycles. The zero-order valence-electron chi connectivity index (χ0n) is 22.2. The molecule has 0 unspecified atom stereocenters. The van der Waals surface area contributed by atoms with Crippen molar-refractivity contribution in [1.29, 1.82) is 0 Å². The third-order valence-corrected chi connectivity index (χ3v) is 6.49. The third kappa shape index (κ3) is 5.62. The van der Waals surface area contributed by atoms with Crippen LogP contribution in [0.15, 0.2) is 91.0 Å². The van der Waals surface area contributed by atoms with Crippen LogP contribution in [0.1, 0.15) is 51.8 Å². The Morgan fingerprint density at radius 2 is 1.27 bits per heavy atom. The normalized spacial score (nSPS) is 12.0. The summed E-state index contributed by atoms with van der Waals surface area (Å²) in [5.41, 5.74) is -0.775. The summed E-state index contributed by atoms with van der Waals surface area (Å²) in [5, 5.41) is 22.1. The number of nitro groups is 2. The van der Waals surface area contributed by atoms with Gasteiger partial charge in [-0.25, -0.2) is 14.5 Å². The smallest absolute Gasteiger partial charge is 0.343 e. The van der Waals surface area contributed by atoms with Gasteiger partial charge < -0.3 is 9.47 Å². The van der Waals surface area contributed by atoms with E-state index in [9.17, 15) is 44.2 Å². The van der Waals surface area contributed by atoms with Crippen molar-refractivity contribution in [3.63, 3.8) is 0 Å². The fourth-order valence-corrected chi connectivity index (χ4v) is 4.29. The van der Waals surface area contributed by atoms with Crippen LogP contribution in [0, 0.1) is 20.2 Å². The summed E-state index contributed by atoms with van der Waals surface area (Å²) in [6, 6.07) is 19.1. The first-order chi connectivity index (χ1) is 21.0. The number of carbonyl (C=O) groups excluding carboxylic acids is 5. The Kier molecular flexibility index (Phi) is 7.72. The third-order valence-electron chi connectivity index (χ3n) is 6.49. The molecule has 0 radical (unpaired) electrons. The van der Waals surface area contributed by atoms with Crippen molar-refractivity contribution in [3.05, 3.63) is 139 Å². The Hall–Kier alpha value is -6.57. The van der Waals surface area contributed by atoms with Crippen LogP contribution in [0.2, 0.25) is 0 Å². The lowest BCUT2D eigenvalue weighted by atomic mass is 10.1. The maximum absolute atomic E-state index is 12.9. The van der Waals surface area contributed by atoms with Crippen LogP contribution in [-0.4, -0.2) is 46.0 Å². The topological polar surface area (TPSA) is 193 Å². The number of non-ortho nitro benzene ring substituents is 1. The summed E-state index contributed by atoms with van der Waals surface area (Å²) < 4.78 is 10.3. The first kappa shape index (κ1) is 28.9. The molecule has 14 heteroatoms. The Morgan fingerprint density at radius 1 is 0.682 bits per heavy atom. The SMILES string of the molecule is O=C(COC(=O)c1ccc(N2C(=O)c3cccc([N+](=O)[O-])c3C2=O)cc1)c1ccc(OC(=O)c2ccc([N+](=O)[O-])cc2)cc1. The van der Waals surface area contributed by atoms with Gasteiger partial charge in [-0.05, 0) is 66.7 Å². The number of carbonyl (C=O) groups is 5. The molecule has 218 valence electrons. The van der Waals surface area contributed by atoms with Crippen molar-refractivity contribution in [3.8, 4) is 5.75 Å². The summed E-state index contributed by atoms with van der Waals surface area (Å²) in [4.78, 5) is 84.5. The molecule has 2 amide bonds. The molecule has 0 atom stereocenters. The number of ether oxygens (including phenoxy) is 2. The average Bonchev–Trinajstić information content (AvgIpc) is 3.29. The van der Waals surface area contributed by atoms with E-state index in [1.807, 2.05) is 0 Å². The number of Topliss-reactive ketones (excluding diaryl/α,β-unsaturated/α-hetero) is 1. The molecule has 0 saturated heterocycles. The summed E-state index contributed by atoms with van der Waals surface area (Å²) in [6.07, 6.45) is 0.